The number of rotatable bonds is 7. The number of piperidine rings is 1. The van der Waals surface area contributed by atoms with Crippen LogP contribution >= 0.6 is 0 Å². The van der Waals surface area contributed by atoms with Crippen LogP contribution in [0.4, 0.5) is 5.69 Å². The monoisotopic (exact) mass is 396 g/mol. The average molecular weight is 396 g/mol. The first-order valence-corrected chi connectivity index (χ1v) is 10.1. The lowest BCUT2D eigenvalue weighted by Crippen LogP contribution is -2.47. The van der Waals surface area contributed by atoms with Crippen molar-refractivity contribution in [1.82, 2.24) is 4.90 Å². The maximum absolute atomic E-state index is 13.2. The van der Waals surface area contributed by atoms with Crippen molar-refractivity contribution < 1.29 is 19.4 Å². The van der Waals surface area contributed by atoms with E-state index in [1.165, 1.54) is 6.07 Å². The van der Waals surface area contributed by atoms with E-state index in [2.05, 4.69) is 12.2 Å². The molecule has 6 nitrogen and oxygen atoms in total. The number of likely N-dealkylation sites (tertiary alicyclic amines) is 1. The van der Waals surface area contributed by atoms with E-state index >= 15 is 0 Å². The molecule has 29 heavy (non-hydrogen) atoms. The van der Waals surface area contributed by atoms with Gasteiger partial charge in [-0.05, 0) is 42.7 Å². The zero-order valence-corrected chi connectivity index (χ0v) is 16.9. The number of para-hydroxylation sites is 2. The SMILES string of the molecule is CCCCN1C(=O)CC[C@H](C(=O)Nc2ccccc2O)[C@H]1c1ccc(OC)cc1. The number of nitrogens with zero attached hydrogens (tertiary/aromatic N) is 1. The summed E-state index contributed by atoms with van der Waals surface area (Å²) in [6.07, 6.45) is 2.66. The highest BCUT2D eigenvalue weighted by atomic mass is 16.5. The Kier molecular flexibility index (Phi) is 6.75. The van der Waals surface area contributed by atoms with E-state index in [-0.39, 0.29) is 23.6 Å². The molecule has 1 saturated heterocycles. The van der Waals surface area contributed by atoms with Crippen LogP contribution in [0.1, 0.15) is 44.2 Å². The van der Waals surface area contributed by atoms with Crippen LogP contribution < -0.4 is 10.1 Å². The van der Waals surface area contributed by atoms with Gasteiger partial charge in [0, 0.05) is 13.0 Å². The first kappa shape index (κ1) is 20.7. The third-order valence-corrected chi connectivity index (χ3v) is 5.42. The second kappa shape index (κ2) is 9.45. The van der Waals surface area contributed by atoms with Gasteiger partial charge in [0.05, 0.1) is 24.8 Å². The summed E-state index contributed by atoms with van der Waals surface area (Å²) in [6.45, 7) is 2.70. The zero-order chi connectivity index (χ0) is 20.8. The van der Waals surface area contributed by atoms with Gasteiger partial charge in [-0.3, -0.25) is 9.59 Å². The largest absolute Gasteiger partial charge is 0.506 e. The number of benzene rings is 2. The molecule has 0 spiro atoms. The Bertz CT molecular complexity index is 850. The van der Waals surface area contributed by atoms with Crippen molar-refractivity contribution >= 4 is 17.5 Å². The summed E-state index contributed by atoms with van der Waals surface area (Å²) < 4.78 is 5.25. The Labute approximate surface area is 171 Å². The van der Waals surface area contributed by atoms with Gasteiger partial charge in [-0.1, -0.05) is 37.6 Å². The minimum Gasteiger partial charge on any atom is -0.506 e. The lowest BCUT2D eigenvalue weighted by molar-refractivity contribution is -0.142. The van der Waals surface area contributed by atoms with Crippen molar-refractivity contribution in [2.75, 3.05) is 19.0 Å². The van der Waals surface area contributed by atoms with Crippen LogP contribution in [0.2, 0.25) is 0 Å². The highest BCUT2D eigenvalue weighted by molar-refractivity contribution is 5.95. The molecule has 0 aliphatic carbocycles. The number of nitrogens with one attached hydrogen (secondary N) is 1. The van der Waals surface area contributed by atoms with E-state index in [4.69, 9.17) is 4.74 Å². The summed E-state index contributed by atoms with van der Waals surface area (Å²) in [7, 11) is 1.61. The molecule has 0 saturated carbocycles. The molecule has 2 N–H and O–H groups in total. The molecule has 1 fully saturated rings. The molecule has 0 unspecified atom stereocenters. The maximum Gasteiger partial charge on any atom is 0.230 e. The molecular formula is C23H28N2O4. The van der Waals surface area contributed by atoms with Crippen molar-refractivity contribution in [1.29, 1.82) is 0 Å². The lowest BCUT2D eigenvalue weighted by atomic mass is 9.83. The number of aromatic hydroxyl groups is 1. The highest BCUT2D eigenvalue weighted by Gasteiger charge is 2.40. The van der Waals surface area contributed by atoms with E-state index in [1.54, 1.807) is 25.3 Å². The van der Waals surface area contributed by atoms with Crippen LogP contribution in [-0.4, -0.2) is 35.5 Å². The normalized spacial score (nSPS) is 19.1. The number of hydrogen-bond acceptors (Lipinski definition) is 4. The topological polar surface area (TPSA) is 78.9 Å². The maximum atomic E-state index is 13.2. The van der Waals surface area contributed by atoms with Crippen LogP contribution in [0.25, 0.3) is 0 Å². The predicted molar refractivity (Wildman–Crippen MR) is 112 cm³/mol. The molecule has 3 rings (SSSR count). The highest BCUT2D eigenvalue weighted by Crippen LogP contribution is 2.38. The smallest absolute Gasteiger partial charge is 0.230 e. The Balaban J connectivity index is 1.92. The Morgan fingerprint density at radius 3 is 2.59 bits per heavy atom. The number of methoxy groups -OCH3 is 1. The quantitative estimate of drug-likeness (QED) is 0.690. The fourth-order valence-electron chi connectivity index (χ4n) is 3.84. The molecule has 1 aliphatic rings. The third-order valence-electron chi connectivity index (χ3n) is 5.42. The third kappa shape index (κ3) is 4.70. The molecule has 1 heterocycles. The van der Waals surface area contributed by atoms with Crippen molar-refractivity contribution in [3.63, 3.8) is 0 Å². The van der Waals surface area contributed by atoms with Crippen LogP contribution in [0.3, 0.4) is 0 Å². The number of carbonyl (C=O) groups excluding carboxylic acids is 2. The van der Waals surface area contributed by atoms with Crippen LogP contribution in [0, 0.1) is 5.92 Å². The Morgan fingerprint density at radius 2 is 1.93 bits per heavy atom. The number of unbranched alkanes of at least 4 members (excludes halogenated alkanes) is 1. The molecular weight excluding hydrogens is 368 g/mol. The van der Waals surface area contributed by atoms with Crippen molar-refractivity contribution in [2.45, 2.75) is 38.6 Å². The van der Waals surface area contributed by atoms with Gasteiger partial charge in [0.25, 0.3) is 0 Å². The standard InChI is InChI=1S/C23H28N2O4/c1-3-4-15-25-21(27)14-13-18(22(25)16-9-11-17(29-2)12-10-16)23(28)24-19-7-5-6-8-20(19)26/h5-12,18,22,26H,3-4,13-15H2,1-2H3,(H,24,28)/t18-,22+/m0/s1. The van der Waals surface area contributed by atoms with Gasteiger partial charge in [-0.15, -0.1) is 0 Å². The summed E-state index contributed by atoms with van der Waals surface area (Å²) in [5.41, 5.74) is 1.29. The zero-order valence-electron chi connectivity index (χ0n) is 16.9. The van der Waals surface area contributed by atoms with E-state index < -0.39 is 5.92 Å². The summed E-state index contributed by atoms with van der Waals surface area (Å²) in [5.74, 6) is 0.229. The molecule has 1 aliphatic heterocycles. The first-order valence-electron chi connectivity index (χ1n) is 10.1. The van der Waals surface area contributed by atoms with E-state index in [0.717, 1.165) is 24.2 Å². The number of amides is 2. The number of phenols is 1. The minimum absolute atomic E-state index is 0.0246. The Hall–Kier alpha value is -3.02. The minimum atomic E-state index is -0.405. The van der Waals surface area contributed by atoms with Gasteiger partial charge in [0.2, 0.25) is 11.8 Å². The van der Waals surface area contributed by atoms with Gasteiger partial charge >= 0.3 is 0 Å². The second-order valence-electron chi connectivity index (χ2n) is 7.31. The number of ether oxygens (including phenoxy) is 1. The van der Waals surface area contributed by atoms with Gasteiger partial charge in [-0.2, -0.15) is 0 Å². The molecule has 2 aromatic carbocycles. The van der Waals surface area contributed by atoms with Gasteiger partial charge in [0.1, 0.15) is 11.5 Å². The van der Waals surface area contributed by atoms with Crippen LogP contribution in [0.15, 0.2) is 48.5 Å². The molecule has 0 radical (unpaired) electrons. The van der Waals surface area contributed by atoms with Gasteiger partial charge in [-0.25, -0.2) is 0 Å². The average Bonchev–Trinajstić information content (AvgIpc) is 2.74. The van der Waals surface area contributed by atoms with Gasteiger partial charge in [0.15, 0.2) is 0 Å². The summed E-state index contributed by atoms with van der Waals surface area (Å²) in [4.78, 5) is 27.7. The molecule has 2 aromatic rings. The van der Waals surface area contributed by atoms with E-state index in [0.29, 0.717) is 25.1 Å². The van der Waals surface area contributed by atoms with Crippen molar-refractivity contribution in [3.05, 3.63) is 54.1 Å². The van der Waals surface area contributed by atoms with Crippen molar-refractivity contribution in [2.24, 2.45) is 5.92 Å². The van der Waals surface area contributed by atoms with E-state index in [9.17, 15) is 14.7 Å². The lowest BCUT2D eigenvalue weighted by Gasteiger charge is -2.41. The summed E-state index contributed by atoms with van der Waals surface area (Å²) in [6, 6.07) is 13.9. The fraction of sp³-hybridized carbons (Fsp3) is 0.391. The number of anilines is 1. The molecule has 0 aromatic heterocycles. The molecule has 0 bridgehead atoms. The summed E-state index contributed by atoms with van der Waals surface area (Å²) in [5, 5.41) is 12.9. The molecule has 154 valence electrons. The number of carbonyl (C=O) groups is 2. The number of hydrogen-bond donors (Lipinski definition) is 2. The molecule has 2 atom stereocenters. The second-order valence-corrected chi connectivity index (χ2v) is 7.31. The fourth-order valence-corrected chi connectivity index (χ4v) is 3.84. The van der Waals surface area contributed by atoms with Crippen molar-refractivity contribution in [3.8, 4) is 11.5 Å². The van der Waals surface area contributed by atoms with Crippen LogP contribution in [0.5, 0.6) is 11.5 Å². The number of phenolic OH excluding ortho intramolecular Hbond substituents is 1. The van der Waals surface area contributed by atoms with Gasteiger partial charge < -0.3 is 20.1 Å². The summed E-state index contributed by atoms with van der Waals surface area (Å²) >= 11 is 0. The van der Waals surface area contributed by atoms with Crippen LogP contribution in [-0.2, 0) is 9.59 Å². The Morgan fingerprint density at radius 1 is 1.21 bits per heavy atom. The molecule has 2 amide bonds. The van der Waals surface area contributed by atoms with E-state index in [1.807, 2.05) is 29.2 Å². The predicted octanol–water partition coefficient (Wildman–Crippen LogP) is 4.12. The molecule has 6 heteroatoms. The first-order chi connectivity index (χ1) is 14.0.